The van der Waals surface area contributed by atoms with Gasteiger partial charge in [0, 0.05) is 56.6 Å². The Labute approximate surface area is 292 Å². The molecule has 3 aromatic carbocycles. The van der Waals surface area contributed by atoms with Crippen molar-refractivity contribution >= 4 is 35.1 Å². The molecule has 11 nitrogen and oxygen atoms in total. The van der Waals surface area contributed by atoms with Gasteiger partial charge in [0.2, 0.25) is 11.9 Å². The number of methoxy groups -OCH3 is 1. The molecule has 0 spiro atoms. The van der Waals surface area contributed by atoms with Crippen molar-refractivity contribution in [1.82, 2.24) is 20.2 Å². The van der Waals surface area contributed by atoms with Crippen molar-refractivity contribution in [2.45, 2.75) is 39.5 Å². The Balaban J connectivity index is 1.36. The number of halogens is 1. The van der Waals surface area contributed by atoms with Gasteiger partial charge < -0.3 is 29.7 Å². The van der Waals surface area contributed by atoms with Gasteiger partial charge in [-0.3, -0.25) is 4.79 Å². The topological polar surface area (TPSA) is 118 Å². The van der Waals surface area contributed by atoms with Crippen molar-refractivity contribution in [2.75, 3.05) is 57.2 Å². The van der Waals surface area contributed by atoms with E-state index in [1.165, 1.54) is 17.2 Å². The third kappa shape index (κ3) is 9.99. The van der Waals surface area contributed by atoms with Gasteiger partial charge >= 0.3 is 6.09 Å². The zero-order valence-corrected chi connectivity index (χ0v) is 29.1. The lowest BCUT2D eigenvalue weighted by Crippen LogP contribution is -2.34. The minimum atomic E-state index is -0.682. The largest absolute Gasteiger partial charge is 0.490 e. The number of ether oxygens (including phenoxy) is 3. The Kier molecular flexibility index (Phi) is 12.7. The highest BCUT2D eigenvalue weighted by molar-refractivity contribution is 5.96. The minimum absolute atomic E-state index is 0.0987. The second kappa shape index (κ2) is 17.5. The lowest BCUT2D eigenvalue weighted by molar-refractivity contribution is -0.121. The number of para-hydroxylation sites is 1. The van der Waals surface area contributed by atoms with Crippen LogP contribution in [0.25, 0.3) is 0 Å². The Morgan fingerprint density at radius 3 is 2.62 bits per heavy atom. The van der Waals surface area contributed by atoms with Crippen molar-refractivity contribution in [3.63, 3.8) is 0 Å². The summed E-state index contributed by atoms with van der Waals surface area (Å²) in [6, 6.07) is 19.1. The van der Waals surface area contributed by atoms with E-state index in [9.17, 15) is 9.59 Å². The summed E-state index contributed by atoms with van der Waals surface area (Å²) in [5, 5.41) is 5.87. The Hall–Kier alpha value is -5.07. The Morgan fingerprint density at radius 1 is 1.06 bits per heavy atom. The summed E-state index contributed by atoms with van der Waals surface area (Å²) in [6.07, 6.45) is 3.71. The summed E-state index contributed by atoms with van der Waals surface area (Å²) < 4.78 is 31.9. The lowest BCUT2D eigenvalue weighted by atomic mass is 10.00. The van der Waals surface area contributed by atoms with Gasteiger partial charge in [-0.15, -0.1) is 0 Å². The fraction of sp³-hybridized carbons (Fsp3) is 0.368. The molecular weight excluding hydrogens is 639 g/mol. The number of nitrogens with one attached hydrogen (secondary N) is 2. The summed E-state index contributed by atoms with van der Waals surface area (Å²) in [5.74, 6) is 0.772. The van der Waals surface area contributed by atoms with Crippen LogP contribution in [0.4, 0.5) is 32.3 Å². The summed E-state index contributed by atoms with van der Waals surface area (Å²) in [4.78, 5) is 38.9. The Morgan fingerprint density at radius 2 is 1.86 bits per heavy atom. The van der Waals surface area contributed by atoms with Crippen LogP contribution in [0.2, 0.25) is 0 Å². The van der Waals surface area contributed by atoms with Crippen LogP contribution in [0, 0.1) is 25.6 Å². The number of rotatable bonds is 14. The Bertz CT molecular complexity index is 1750. The predicted molar refractivity (Wildman–Crippen MR) is 191 cm³/mol. The van der Waals surface area contributed by atoms with Crippen molar-refractivity contribution in [2.24, 2.45) is 5.92 Å². The maximum Gasteiger partial charge on any atom is 0.425 e. The molecule has 0 aliphatic carbocycles. The zero-order chi connectivity index (χ0) is 35.5. The van der Waals surface area contributed by atoms with E-state index in [2.05, 4.69) is 32.5 Å². The van der Waals surface area contributed by atoms with Crippen LogP contribution in [0.3, 0.4) is 0 Å². The van der Waals surface area contributed by atoms with Crippen molar-refractivity contribution in [1.29, 1.82) is 0 Å². The number of hydrogen-bond acceptors (Lipinski definition) is 9. The standard InChI is InChI=1S/C38H45FN6O5/c1-26-8-5-9-27(2)36(26)50-38(47)45(31-12-6-10-28(22-31)13-16-35(46)40-19-21-48-4)34-17-18-41-37(43-34)42-30-14-15-33(32(39)23-30)49-25-29-11-7-20-44(3)24-29/h5-6,8-10,12,14-15,17-18,22-23,29H,7,11,13,16,19-21,24-25H2,1-4H3,(H,40,46)(H,41,42,43). The highest BCUT2D eigenvalue weighted by atomic mass is 19.1. The first-order valence-electron chi connectivity index (χ1n) is 16.8. The van der Waals surface area contributed by atoms with Crippen LogP contribution >= 0.6 is 0 Å². The number of benzene rings is 3. The molecule has 1 aromatic heterocycles. The van der Waals surface area contributed by atoms with Gasteiger partial charge in [0.1, 0.15) is 11.6 Å². The first kappa shape index (κ1) is 36.2. The number of likely N-dealkylation sites (tertiary alicyclic amines) is 1. The molecule has 0 bridgehead atoms. The number of aromatic nitrogens is 2. The number of amides is 2. The number of anilines is 4. The average Bonchev–Trinajstić information content (AvgIpc) is 3.09. The average molecular weight is 685 g/mol. The van der Waals surface area contributed by atoms with E-state index in [0.717, 1.165) is 42.6 Å². The molecule has 4 aromatic rings. The highest BCUT2D eigenvalue weighted by Gasteiger charge is 2.24. The fourth-order valence-corrected chi connectivity index (χ4v) is 5.89. The molecule has 1 fully saturated rings. The molecular formula is C38H45FN6O5. The highest BCUT2D eigenvalue weighted by Crippen LogP contribution is 2.31. The molecule has 1 atom stereocenters. The van der Waals surface area contributed by atoms with Gasteiger partial charge in [-0.05, 0) is 87.7 Å². The summed E-state index contributed by atoms with van der Waals surface area (Å²) in [6.45, 7) is 7.06. The fourth-order valence-electron chi connectivity index (χ4n) is 5.89. The first-order chi connectivity index (χ1) is 24.2. The molecule has 2 heterocycles. The van der Waals surface area contributed by atoms with Gasteiger partial charge in [-0.2, -0.15) is 4.98 Å². The van der Waals surface area contributed by atoms with E-state index in [1.54, 1.807) is 31.4 Å². The summed E-state index contributed by atoms with van der Waals surface area (Å²) >= 11 is 0. The molecule has 2 N–H and O–H groups in total. The normalized spacial score (nSPS) is 14.5. The van der Waals surface area contributed by atoms with E-state index in [0.29, 0.717) is 49.2 Å². The molecule has 5 rings (SSSR count). The van der Waals surface area contributed by atoms with Crippen LogP contribution in [-0.4, -0.2) is 73.9 Å². The number of hydrogen-bond donors (Lipinski definition) is 2. The van der Waals surface area contributed by atoms with Crippen LogP contribution in [-0.2, 0) is 16.0 Å². The molecule has 50 heavy (non-hydrogen) atoms. The van der Waals surface area contributed by atoms with E-state index in [1.807, 2.05) is 50.2 Å². The van der Waals surface area contributed by atoms with Gasteiger partial charge in [0.05, 0.1) is 18.9 Å². The van der Waals surface area contributed by atoms with E-state index >= 15 is 4.39 Å². The van der Waals surface area contributed by atoms with Crippen molar-refractivity contribution in [3.8, 4) is 11.5 Å². The summed E-state index contributed by atoms with van der Waals surface area (Å²) in [5.41, 5.74) is 3.35. The molecule has 1 saturated heterocycles. The minimum Gasteiger partial charge on any atom is -0.490 e. The van der Waals surface area contributed by atoms with Gasteiger partial charge in [-0.25, -0.2) is 19.1 Å². The van der Waals surface area contributed by atoms with Gasteiger partial charge in [-0.1, -0.05) is 30.3 Å². The molecule has 1 unspecified atom stereocenters. The second-order valence-electron chi connectivity index (χ2n) is 12.5. The number of aryl methyl sites for hydroxylation is 3. The van der Waals surface area contributed by atoms with E-state index in [-0.39, 0.29) is 29.8 Å². The molecule has 0 saturated carbocycles. The van der Waals surface area contributed by atoms with E-state index in [4.69, 9.17) is 14.2 Å². The maximum absolute atomic E-state index is 15.1. The molecule has 1 aliphatic rings. The van der Waals surface area contributed by atoms with E-state index < -0.39 is 11.9 Å². The van der Waals surface area contributed by atoms with Crippen LogP contribution < -0.4 is 25.0 Å². The molecule has 12 heteroatoms. The third-order valence-corrected chi connectivity index (χ3v) is 8.47. The van der Waals surface area contributed by atoms with Gasteiger partial charge in [0.15, 0.2) is 11.6 Å². The van der Waals surface area contributed by atoms with Crippen molar-refractivity contribution < 1.29 is 28.2 Å². The van der Waals surface area contributed by atoms with Crippen LogP contribution in [0.5, 0.6) is 11.5 Å². The molecule has 264 valence electrons. The first-order valence-corrected chi connectivity index (χ1v) is 16.8. The second-order valence-corrected chi connectivity index (χ2v) is 12.5. The number of carbonyl (C=O) groups excluding carboxylic acids is 2. The van der Waals surface area contributed by atoms with Crippen LogP contribution in [0.15, 0.2) is 72.9 Å². The SMILES string of the molecule is COCCNC(=O)CCc1cccc(N(C(=O)Oc2c(C)cccc2C)c2ccnc(Nc3ccc(OCC4CCCN(C)C4)c(F)c3)n2)c1. The quantitative estimate of drug-likeness (QED) is 0.140. The lowest BCUT2D eigenvalue weighted by Gasteiger charge is -2.29. The number of nitrogens with zero attached hydrogens (tertiary/aromatic N) is 4. The molecule has 0 radical (unpaired) electrons. The molecule has 2 amide bonds. The zero-order valence-electron chi connectivity index (χ0n) is 29.1. The number of piperidine rings is 1. The number of carbonyl (C=O) groups is 2. The van der Waals surface area contributed by atoms with Crippen molar-refractivity contribution in [3.05, 3.63) is 95.4 Å². The van der Waals surface area contributed by atoms with Gasteiger partial charge in [0.25, 0.3) is 0 Å². The maximum atomic E-state index is 15.1. The van der Waals surface area contributed by atoms with Crippen LogP contribution in [0.1, 0.15) is 36.0 Å². The molecule has 1 aliphatic heterocycles. The smallest absolute Gasteiger partial charge is 0.425 e. The summed E-state index contributed by atoms with van der Waals surface area (Å²) in [7, 11) is 3.67. The monoisotopic (exact) mass is 684 g/mol. The predicted octanol–water partition coefficient (Wildman–Crippen LogP) is 6.73. The third-order valence-electron chi connectivity index (χ3n) is 8.47.